The molecule has 1 aliphatic carbocycles. The third-order valence-corrected chi connectivity index (χ3v) is 5.52. The molecule has 0 aromatic heterocycles. The molecule has 1 heterocycles. The SMILES string of the molecule is CCN(CC)CCNC(=O)c1cc(Cl)cc2c1OC1CCCCC21. The van der Waals surface area contributed by atoms with Crippen LogP contribution in [0, 0.1) is 0 Å². The second kappa shape index (κ2) is 7.75. The van der Waals surface area contributed by atoms with Crippen molar-refractivity contribution in [3.63, 3.8) is 0 Å². The van der Waals surface area contributed by atoms with E-state index in [1.54, 1.807) is 6.07 Å². The first-order valence-corrected chi connectivity index (χ1v) is 9.52. The topological polar surface area (TPSA) is 41.6 Å². The van der Waals surface area contributed by atoms with Gasteiger partial charge in [-0.1, -0.05) is 31.9 Å². The molecule has 24 heavy (non-hydrogen) atoms. The van der Waals surface area contributed by atoms with Gasteiger partial charge in [0.05, 0.1) is 5.56 Å². The van der Waals surface area contributed by atoms with Crippen LogP contribution >= 0.6 is 11.6 Å². The number of likely N-dealkylation sites (N-methyl/N-ethyl adjacent to an activating group) is 1. The fraction of sp³-hybridized carbons (Fsp3) is 0.632. The van der Waals surface area contributed by atoms with E-state index in [1.165, 1.54) is 12.8 Å². The van der Waals surface area contributed by atoms with Gasteiger partial charge in [-0.05, 0) is 44.5 Å². The number of halogens is 1. The standard InChI is InChI=1S/C19H27ClN2O2/c1-3-22(4-2)10-9-21-19(23)16-12-13(20)11-15-14-7-5-6-8-17(14)24-18(15)16/h11-12,14,17H,3-10H2,1-2H3,(H,21,23). The zero-order valence-corrected chi connectivity index (χ0v) is 15.4. The molecule has 3 rings (SSSR count). The lowest BCUT2D eigenvalue weighted by molar-refractivity contribution is 0.0941. The molecule has 1 aromatic rings. The number of fused-ring (bicyclic) bond motifs is 3. The van der Waals surface area contributed by atoms with E-state index in [2.05, 4.69) is 24.1 Å². The molecular weight excluding hydrogens is 324 g/mol. The zero-order valence-electron chi connectivity index (χ0n) is 14.6. The highest BCUT2D eigenvalue weighted by Crippen LogP contribution is 2.48. The predicted octanol–water partition coefficient (Wildman–Crippen LogP) is 3.83. The Bertz CT molecular complexity index is 601. The zero-order chi connectivity index (χ0) is 17.1. The van der Waals surface area contributed by atoms with E-state index in [-0.39, 0.29) is 12.0 Å². The number of carbonyl (C=O) groups is 1. The van der Waals surface area contributed by atoms with Crippen molar-refractivity contribution in [3.8, 4) is 5.75 Å². The average molecular weight is 351 g/mol. The second-order valence-corrected chi connectivity index (χ2v) is 7.14. The summed E-state index contributed by atoms with van der Waals surface area (Å²) in [7, 11) is 0. The van der Waals surface area contributed by atoms with Gasteiger partial charge in [-0.15, -0.1) is 0 Å². The summed E-state index contributed by atoms with van der Waals surface area (Å²) in [5.41, 5.74) is 1.72. The van der Waals surface area contributed by atoms with Crippen LogP contribution in [0.4, 0.5) is 0 Å². The van der Waals surface area contributed by atoms with Crippen LogP contribution in [-0.2, 0) is 0 Å². The second-order valence-electron chi connectivity index (χ2n) is 6.70. The molecule has 0 saturated heterocycles. The van der Waals surface area contributed by atoms with Crippen LogP contribution in [0.1, 0.15) is 61.4 Å². The van der Waals surface area contributed by atoms with Gasteiger partial charge in [-0.3, -0.25) is 4.79 Å². The molecule has 0 bridgehead atoms. The van der Waals surface area contributed by atoms with Gasteiger partial charge in [-0.2, -0.15) is 0 Å². The highest BCUT2D eigenvalue weighted by molar-refractivity contribution is 6.31. The summed E-state index contributed by atoms with van der Waals surface area (Å²) >= 11 is 6.29. The fourth-order valence-corrected chi connectivity index (χ4v) is 4.12. The van der Waals surface area contributed by atoms with E-state index in [4.69, 9.17) is 16.3 Å². The largest absolute Gasteiger partial charge is 0.489 e. The van der Waals surface area contributed by atoms with Gasteiger partial charge in [0.25, 0.3) is 5.91 Å². The number of ether oxygens (including phenoxy) is 1. The number of carbonyl (C=O) groups excluding carboxylic acids is 1. The van der Waals surface area contributed by atoms with Gasteiger partial charge in [-0.25, -0.2) is 0 Å². The monoisotopic (exact) mass is 350 g/mol. The highest BCUT2D eigenvalue weighted by atomic mass is 35.5. The van der Waals surface area contributed by atoms with Crippen LogP contribution in [0.3, 0.4) is 0 Å². The van der Waals surface area contributed by atoms with Crippen molar-refractivity contribution in [2.75, 3.05) is 26.2 Å². The van der Waals surface area contributed by atoms with E-state index in [0.717, 1.165) is 43.8 Å². The highest BCUT2D eigenvalue weighted by Gasteiger charge is 2.38. The van der Waals surface area contributed by atoms with E-state index in [9.17, 15) is 4.79 Å². The molecule has 1 N–H and O–H groups in total. The molecule has 0 radical (unpaired) electrons. The van der Waals surface area contributed by atoms with E-state index in [1.807, 2.05) is 6.07 Å². The first-order valence-electron chi connectivity index (χ1n) is 9.14. The molecule has 0 spiro atoms. The Labute approximate surface area is 149 Å². The number of nitrogens with zero attached hydrogens (tertiary/aromatic N) is 1. The first kappa shape index (κ1) is 17.6. The van der Waals surface area contributed by atoms with E-state index < -0.39 is 0 Å². The number of hydrogen-bond acceptors (Lipinski definition) is 3. The summed E-state index contributed by atoms with van der Waals surface area (Å²) in [6.45, 7) is 7.73. The van der Waals surface area contributed by atoms with Crippen molar-refractivity contribution in [1.82, 2.24) is 10.2 Å². The summed E-state index contributed by atoms with van der Waals surface area (Å²) < 4.78 is 6.16. The maximum absolute atomic E-state index is 12.7. The Morgan fingerprint density at radius 1 is 1.29 bits per heavy atom. The van der Waals surface area contributed by atoms with Gasteiger partial charge in [0.1, 0.15) is 11.9 Å². The van der Waals surface area contributed by atoms with Gasteiger partial charge >= 0.3 is 0 Å². The third kappa shape index (κ3) is 3.55. The molecule has 1 amide bonds. The lowest BCUT2D eigenvalue weighted by Crippen LogP contribution is -2.35. The minimum absolute atomic E-state index is 0.0837. The summed E-state index contributed by atoms with van der Waals surface area (Å²) in [4.78, 5) is 14.9. The molecule has 1 aromatic carbocycles. The van der Waals surface area contributed by atoms with Crippen LogP contribution in [-0.4, -0.2) is 43.1 Å². The van der Waals surface area contributed by atoms with Gasteiger partial charge in [0.15, 0.2) is 0 Å². The number of rotatable bonds is 6. The molecule has 1 fully saturated rings. The number of benzene rings is 1. The van der Waals surface area contributed by atoms with Gasteiger partial charge in [0, 0.05) is 29.6 Å². The lowest BCUT2D eigenvalue weighted by Gasteiger charge is -2.23. The van der Waals surface area contributed by atoms with Gasteiger partial charge in [0.2, 0.25) is 0 Å². The summed E-state index contributed by atoms with van der Waals surface area (Å²) in [5, 5.41) is 3.64. The van der Waals surface area contributed by atoms with Crippen molar-refractivity contribution in [2.24, 2.45) is 0 Å². The lowest BCUT2D eigenvalue weighted by atomic mass is 9.83. The van der Waals surface area contributed by atoms with Gasteiger partial charge < -0.3 is 15.0 Å². The van der Waals surface area contributed by atoms with Crippen LogP contribution in [0.5, 0.6) is 5.75 Å². The van der Waals surface area contributed by atoms with Crippen molar-refractivity contribution in [3.05, 3.63) is 28.3 Å². The number of nitrogens with one attached hydrogen (secondary N) is 1. The van der Waals surface area contributed by atoms with Crippen molar-refractivity contribution < 1.29 is 9.53 Å². The number of amides is 1. The normalized spacial score (nSPS) is 22.0. The van der Waals surface area contributed by atoms with Crippen LogP contribution in [0.2, 0.25) is 5.02 Å². The minimum atomic E-state index is -0.0837. The Morgan fingerprint density at radius 3 is 2.79 bits per heavy atom. The molecular formula is C19H27ClN2O2. The van der Waals surface area contributed by atoms with Crippen molar-refractivity contribution >= 4 is 17.5 Å². The first-order chi connectivity index (χ1) is 11.6. The van der Waals surface area contributed by atoms with Crippen molar-refractivity contribution in [1.29, 1.82) is 0 Å². The molecule has 132 valence electrons. The maximum Gasteiger partial charge on any atom is 0.255 e. The molecule has 2 aliphatic rings. The predicted molar refractivity (Wildman–Crippen MR) is 97.2 cm³/mol. The van der Waals surface area contributed by atoms with E-state index in [0.29, 0.717) is 23.0 Å². The number of hydrogen-bond donors (Lipinski definition) is 1. The Balaban J connectivity index is 1.73. The Hall–Kier alpha value is -1.26. The molecule has 2 atom stereocenters. The molecule has 5 heteroatoms. The van der Waals surface area contributed by atoms with E-state index >= 15 is 0 Å². The summed E-state index contributed by atoms with van der Waals surface area (Å²) in [6.07, 6.45) is 4.84. The third-order valence-electron chi connectivity index (χ3n) is 5.31. The minimum Gasteiger partial charge on any atom is -0.489 e. The maximum atomic E-state index is 12.7. The van der Waals surface area contributed by atoms with Crippen LogP contribution < -0.4 is 10.1 Å². The molecule has 4 nitrogen and oxygen atoms in total. The van der Waals surface area contributed by atoms with Crippen molar-refractivity contribution in [2.45, 2.75) is 51.6 Å². The average Bonchev–Trinajstić information content (AvgIpc) is 2.96. The quantitative estimate of drug-likeness (QED) is 0.847. The smallest absolute Gasteiger partial charge is 0.255 e. The van der Waals surface area contributed by atoms with Crippen LogP contribution in [0.25, 0.3) is 0 Å². The molecule has 1 saturated carbocycles. The molecule has 1 aliphatic heterocycles. The Kier molecular flexibility index (Phi) is 5.67. The summed E-state index contributed by atoms with van der Waals surface area (Å²) in [6, 6.07) is 3.73. The Morgan fingerprint density at radius 2 is 2.04 bits per heavy atom. The summed E-state index contributed by atoms with van der Waals surface area (Å²) in [5.74, 6) is 1.07. The van der Waals surface area contributed by atoms with Crippen LogP contribution in [0.15, 0.2) is 12.1 Å². The molecule has 2 unspecified atom stereocenters. The fourth-order valence-electron chi connectivity index (χ4n) is 3.90.